The van der Waals surface area contributed by atoms with Crippen molar-refractivity contribution < 1.29 is 0 Å². The van der Waals surface area contributed by atoms with Gasteiger partial charge in [0.15, 0.2) is 0 Å². The standard InChI is InChI=1S/C17H14Cl2N2/c18-14-6-3-7-15(19)16(14)17(21-20)13-9-8-11-4-1-2-5-12(11)10-13/h1-10,17,21H,20H2. The van der Waals surface area contributed by atoms with Gasteiger partial charge in [-0.1, -0.05) is 65.7 Å². The van der Waals surface area contributed by atoms with Crippen LogP contribution in [0.4, 0.5) is 0 Å². The maximum Gasteiger partial charge on any atom is 0.0739 e. The Balaban J connectivity index is 2.14. The molecule has 4 heteroatoms. The van der Waals surface area contributed by atoms with E-state index in [4.69, 9.17) is 29.0 Å². The largest absolute Gasteiger partial charge is 0.271 e. The van der Waals surface area contributed by atoms with Crippen molar-refractivity contribution in [3.05, 3.63) is 81.8 Å². The maximum atomic E-state index is 6.29. The first-order valence-electron chi connectivity index (χ1n) is 6.59. The average molecular weight is 317 g/mol. The lowest BCUT2D eigenvalue weighted by Crippen LogP contribution is -2.29. The molecule has 0 aliphatic carbocycles. The molecule has 0 saturated heterocycles. The second-order valence-electron chi connectivity index (χ2n) is 4.84. The Hall–Kier alpha value is -1.58. The van der Waals surface area contributed by atoms with Crippen LogP contribution in [0.5, 0.6) is 0 Å². The third-order valence-corrected chi connectivity index (χ3v) is 4.22. The molecule has 3 N–H and O–H groups in total. The van der Waals surface area contributed by atoms with Gasteiger partial charge >= 0.3 is 0 Å². The lowest BCUT2D eigenvalue weighted by atomic mass is 9.96. The first-order chi connectivity index (χ1) is 10.2. The maximum absolute atomic E-state index is 6.29. The van der Waals surface area contributed by atoms with E-state index in [2.05, 4.69) is 29.7 Å². The van der Waals surface area contributed by atoms with Crippen molar-refractivity contribution in [3.8, 4) is 0 Å². The molecule has 0 bridgehead atoms. The molecule has 0 spiro atoms. The van der Waals surface area contributed by atoms with E-state index in [0.717, 1.165) is 16.5 Å². The van der Waals surface area contributed by atoms with Gasteiger partial charge in [0.1, 0.15) is 0 Å². The summed E-state index contributed by atoms with van der Waals surface area (Å²) >= 11 is 12.6. The zero-order chi connectivity index (χ0) is 14.8. The Morgan fingerprint density at radius 1 is 0.810 bits per heavy atom. The van der Waals surface area contributed by atoms with Gasteiger partial charge in [-0.2, -0.15) is 0 Å². The molecule has 0 amide bonds. The van der Waals surface area contributed by atoms with Gasteiger partial charge in [-0.25, -0.2) is 5.43 Å². The predicted octanol–water partition coefficient (Wildman–Crippen LogP) is 4.70. The normalized spacial score (nSPS) is 12.5. The molecule has 0 aliphatic heterocycles. The van der Waals surface area contributed by atoms with Crippen LogP contribution in [-0.2, 0) is 0 Å². The van der Waals surface area contributed by atoms with Crippen LogP contribution in [0.3, 0.4) is 0 Å². The number of rotatable bonds is 3. The number of benzene rings is 3. The zero-order valence-electron chi connectivity index (χ0n) is 11.2. The van der Waals surface area contributed by atoms with Crippen molar-refractivity contribution in [2.45, 2.75) is 6.04 Å². The summed E-state index contributed by atoms with van der Waals surface area (Å²) in [6.07, 6.45) is 0. The third-order valence-electron chi connectivity index (χ3n) is 3.56. The Morgan fingerprint density at radius 3 is 2.14 bits per heavy atom. The van der Waals surface area contributed by atoms with Crippen molar-refractivity contribution in [1.82, 2.24) is 5.43 Å². The molecular weight excluding hydrogens is 303 g/mol. The van der Waals surface area contributed by atoms with Crippen LogP contribution < -0.4 is 11.3 Å². The summed E-state index contributed by atoms with van der Waals surface area (Å²) in [5.74, 6) is 5.75. The second kappa shape index (κ2) is 6.04. The minimum atomic E-state index is -0.254. The lowest BCUT2D eigenvalue weighted by Gasteiger charge is -2.20. The molecule has 0 aromatic heterocycles. The van der Waals surface area contributed by atoms with Crippen molar-refractivity contribution in [2.24, 2.45) is 5.84 Å². The van der Waals surface area contributed by atoms with E-state index >= 15 is 0 Å². The average Bonchev–Trinajstić information content (AvgIpc) is 2.50. The predicted molar refractivity (Wildman–Crippen MR) is 89.6 cm³/mol. The van der Waals surface area contributed by atoms with Crippen molar-refractivity contribution >= 4 is 34.0 Å². The van der Waals surface area contributed by atoms with Gasteiger partial charge in [-0.05, 0) is 34.5 Å². The van der Waals surface area contributed by atoms with Gasteiger partial charge in [-0.15, -0.1) is 0 Å². The van der Waals surface area contributed by atoms with Gasteiger partial charge in [0, 0.05) is 15.6 Å². The van der Waals surface area contributed by atoms with Gasteiger partial charge in [-0.3, -0.25) is 5.84 Å². The van der Waals surface area contributed by atoms with E-state index in [9.17, 15) is 0 Å². The smallest absolute Gasteiger partial charge is 0.0739 e. The number of fused-ring (bicyclic) bond motifs is 1. The van der Waals surface area contributed by atoms with Crippen LogP contribution in [0.15, 0.2) is 60.7 Å². The molecule has 3 aromatic rings. The number of halogens is 2. The quantitative estimate of drug-likeness (QED) is 0.543. The van der Waals surface area contributed by atoms with E-state index in [1.54, 1.807) is 0 Å². The SMILES string of the molecule is NNC(c1ccc2ccccc2c1)c1c(Cl)cccc1Cl. The molecule has 3 rings (SSSR count). The van der Waals surface area contributed by atoms with E-state index in [1.165, 1.54) is 5.39 Å². The summed E-state index contributed by atoms with van der Waals surface area (Å²) < 4.78 is 0. The summed E-state index contributed by atoms with van der Waals surface area (Å²) in [6, 6.07) is 19.6. The number of nitrogens with one attached hydrogen (secondary N) is 1. The first-order valence-corrected chi connectivity index (χ1v) is 7.35. The summed E-state index contributed by atoms with van der Waals surface area (Å²) in [4.78, 5) is 0. The molecule has 0 radical (unpaired) electrons. The molecule has 1 atom stereocenters. The number of hydrogen-bond donors (Lipinski definition) is 2. The Kier molecular flexibility index (Phi) is 4.13. The highest BCUT2D eigenvalue weighted by molar-refractivity contribution is 6.36. The molecular formula is C17H14Cl2N2. The van der Waals surface area contributed by atoms with Crippen molar-refractivity contribution in [2.75, 3.05) is 0 Å². The van der Waals surface area contributed by atoms with Gasteiger partial charge in [0.2, 0.25) is 0 Å². The molecule has 106 valence electrons. The van der Waals surface area contributed by atoms with Gasteiger partial charge in [0.25, 0.3) is 0 Å². The number of nitrogens with two attached hydrogens (primary N) is 1. The monoisotopic (exact) mass is 316 g/mol. The van der Waals surface area contributed by atoms with Crippen LogP contribution in [0.1, 0.15) is 17.2 Å². The molecule has 2 nitrogen and oxygen atoms in total. The van der Waals surface area contributed by atoms with Gasteiger partial charge < -0.3 is 0 Å². The highest BCUT2D eigenvalue weighted by atomic mass is 35.5. The zero-order valence-corrected chi connectivity index (χ0v) is 12.7. The van der Waals surface area contributed by atoms with E-state index < -0.39 is 0 Å². The summed E-state index contributed by atoms with van der Waals surface area (Å²) in [5, 5.41) is 3.53. The highest BCUT2D eigenvalue weighted by Gasteiger charge is 2.18. The van der Waals surface area contributed by atoms with Crippen LogP contribution in [0.25, 0.3) is 10.8 Å². The Bertz CT molecular complexity index is 766. The first kappa shape index (κ1) is 14.4. The molecule has 0 heterocycles. The molecule has 3 aromatic carbocycles. The summed E-state index contributed by atoms with van der Waals surface area (Å²) in [5.41, 5.74) is 4.62. The minimum absolute atomic E-state index is 0.254. The fourth-order valence-electron chi connectivity index (χ4n) is 2.52. The van der Waals surface area contributed by atoms with E-state index in [0.29, 0.717) is 10.0 Å². The number of hydrazine groups is 1. The molecule has 0 fully saturated rings. The van der Waals surface area contributed by atoms with Crippen LogP contribution in [0, 0.1) is 0 Å². The third kappa shape index (κ3) is 2.76. The fourth-order valence-corrected chi connectivity index (χ4v) is 3.14. The molecule has 0 saturated carbocycles. The topological polar surface area (TPSA) is 38.0 Å². The minimum Gasteiger partial charge on any atom is -0.271 e. The fraction of sp³-hybridized carbons (Fsp3) is 0.0588. The highest BCUT2D eigenvalue weighted by Crippen LogP contribution is 2.34. The number of hydrogen-bond acceptors (Lipinski definition) is 2. The van der Waals surface area contributed by atoms with Crippen LogP contribution >= 0.6 is 23.2 Å². The van der Waals surface area contributed by atoms with Crippen LogP contribution in [-0.4, -0.2) is 0 Å². The lowest BCUT2D eigenvalue weighted by molar-refractivity contribution is 0.638. The molecule has 1 unspecified atom stereocenters. The molecule has 21 heavy (non-hydrogen) atoms. The van der Waals surface area contributed by atoms with Gasteiger partial charge in [0.05, 0.1) is 6.04 Å². The Morgan fingerprint density at radius 2 is 1.48 bits per heavy atom. The summed E-state index contributed by atoms with van der Waals surface area (Å²) in [7, 11) is 0. The van der Waals surface area contributed by atoms with E-state index in [1.807, 2.05) is 36.4 Å². The summed E-state index contributed by atoms with van der Waals surface area (Å²) in [6.45, 7) is 0. The second-order valence-corrected chi connectivity index (χ2v) is 5.66. The molecule has 0 aliphatic rings. The van der Waals surface area contributed by atoms with Crippen molar-refractivity contribution in [1.29, 1.82) is 0 Å². The van der Waals surface area contributed by atoms with Crippen LogP contribution in [0.2, 0.25) is 10.0 Å². The Labute approximate surface area is 133 Å². The van der Waals surface area contributed by atoms with Crippen molar-refractivity contribution in [3.63, 3.8) is 0 Å². The van der Waals surface area contributed by atoms with E-state index in [-0.39, 0.29) is 6.04 Å².